The number of hydrogen-bond acceptors (Lipinski definition) is 4. The van der Waals surface area contributed by atoms with E-state index >= 15 is 0 Å². The van der Waals surface area contributed by atoms with Crippen LogP contribution < -0.4 is 0 Å². The van der Waals surface area contributed by atoms with Gasteiger partial charge in [0.2, 0.25) is 0 Å². The maximum absolute atomic E-state index is 9.96. The van der Waals surface area contributed by atoms with E-state index in [-0.39, 0.29) is 11.4 Å². The van der Waals surface area contributed by atoms with Gasteiger partial charge in [0, 0.05) is 5.25 Å². The van der Waals surface area contributed by atoms with Crippen molar-refractivity contribution < 1.29 is 10.2 Å². The molecule has 1 aliphatic carbocycles. The lowest BCUT2D eigenvalue weighted by atomic mass is 9.97. The minimum absolute atomic E-state index is 0.140. The second-order valence-electron chi connectivity index (χ2n) is 4.22. The Morgan fingerprint density at radius 1 is 1.07 bits per heavy atom. The molecule has 0 radical (unpaired) electrons. The zero-order valence-corrected chi connectivity index (χ0v) is 10.2. The average Bonchev–Trinajstić information content (AvgIpc) is 2.12. The molecule has 0 saturated heterocycles. The van der Waals surface area contributed by atoms with Crippen molar-refractivity contribution in [1.82, 2.24) is 0 Å². The molecular formula is C10H20O2S2. The molecular weight excluding hydrogens is 216 g/mol. The molecule has 3 atom stereocenters. The number of rotatable bonds is 0. The van der Waals surface area contributed by atoms with Gasteiger partial charge in [0.05, 0.1) is 6.10 Å². The third-order valence-electron chi connectivity index (χ3n) is 2.89. The van der Waals surface area contributed by atoms with Gasteiger partial charge in [-0.05, 0) is 32.1 Å². The monoisotopic (exact) mass is 236 g/mol. The number of aliphatic hydroxyl groups excluding tert-OH is 1. The molecule has 0 heterocycles. The average molecular weight is 236 g/mol. The van der Waals surface area contributed by atoms with Gasteiger partial charge in [-0.2, -0.15) is 12.6 Å². The molecule has 4 heteroatoms. The van der Waals surface area contributed by atoms with E-state index in [1.54, 1.807) is 0 Å². The normalized spacial score (nSPS) is 42.0. The van der Waals surface area contributed by atoms with Gasteiger partial charge in [-0.1, -0.05) is 12.8 Å². The van der Waals surface area contributed by atoms with E-state index in [4.69, 9.17) is 0 Å². The van der Waals surface area contributed by atoms with Crippen molar-refractivity contribution >= 4 is 25.3 Å². The molecule has 0 aromatic rings. The van der Waals surface area contributed by atoms with Gasteiger partial charge < -0.3 is 10.2 Å². The van der Waals surface area contributed by atoms with Crippen molar-refractivity contribution in [3.05, 3.63) is 0 Å². The predicted octanol–water partition coefficient (Wildman–Crippen LogP) is 2.01. The Hall–Kier alpha value is 0.620. The maximum Gasteiger partial charge on any atom is 0.119 e. The van der Waals surface area contributed by atoms with Crippen molar-refractivity contribution in [2.24, 2.45) is 0 Å². The molecule has 1 aliphatic rings. The topological polar surface area (TPSA) is 40.5 Å². The molecule has 0 aliphatic heterocycles. The fourth-order valence-corrected chi connectivity index (χ4v) is 2.40. The van der Waals surface area contributed by atoms with E-state index in [0.29, 0.717) is 6.42 Å². The Kier molecular flexibility index (Phi) is 5.11. The van der Waals surface area contributed by atoms with Crippen LogP contribution in [0.2, 0.25) is 0 Å². The molecule has 0 aromatic heterocycles. The summed E-state index contributed by atoms with van der Waals surface area (Å²) in [5, 5.41) is 19.4. The van der Waals surface area contributed by atoms with E-state index in [0.717, 1.165) is 38.5 Å². The zero-order chi connectivity index (χ0) is 10.6. The SMILES string of the molecule is OC1CCCCCC(O)(S)C(S)CC1. The van der Waals surface area contributed by atoms with Gasteiger partial charge in [-0.25, -0.2) is 0 Å². The van der Waals surface area contributed by atoms with Crippen LogP contribution in [0.5, 0.6) is 0 Å². The summed E-state index contributed by atoms with van der Waals surface area (Å²) in [7, 11) is 0. The van der Waals surface area contributed by atoms with Crippen LogP contribution in [0.4, 0.5) is 0 Å². The summed E-state index contributed by atoms with van der Waals surface area (Å²) in [6, 6.07) is 0. The van der Waals surface area contributed by atoms with Crippen molar-refractivity contribution in [1.29, 1.82) is 0 Å². The second-order valence-corrected chi connectivity index (χ2v) is 5.62. The second kappa shape index (κ2) is 5.64. The molecule has 0 aromatic carbocycles. The van der Waals surface area contributed by atoms with Gasteiger partial charge in [0.1, 0.15) is 4.93 Å². The molecule has 2 N–H and O–H groups in total. The van der Waals surface area contributed by atoms with E-state index in [9.17, 15) is 10.2 Å². The first-order chi connectivity index (χ1) is 6.52. The van der Waals surface area contributed by atoms with Crippen LogP contribution in [0, 0.1) is 0 Å². The number of thiol groups is 2. The summed E-state index contributed by atoms with van der Waals surface area (Å²) in [6.07, 6.45) is 5.85. The summed E-state index contributed by atoms with van der Waals surface area (Å²) in [5.74, 6) is 0. The van der Waals surface area contributed by atoms with Crippen LogP contribution in [0.15, 0.2) is 0 Å². The van der Waals surface area contributed by atoms with Gasteiger partial charge in [-0.15, -0.1) is 12.6 Å². The molecule has 1 fully saturated rings. The Bertz CT molecular complexity index is 174. The first-order valence-electron chi connectivity index (χ1n) is 5.33. The Morgan fingerprint density at radius 2 is 1.79 bits per heavy atom. The lowest BCUT2D eigenvalue weighted by molar-refractivity contribution is 0.0981. The lowest BCUT2D eigenvalue weighted by Gasteiger charge is -2.30. The Morgan fingerprint density at radius 3 is 2.50 bits per heavy atom. The highest BCUT2D eigenvalue weighted by Gasteiger charge is 2.30. The first-order valence-corrected chi connectivity index (χ1v) is 6.29. The molecule has 84 valence electrons. The van der Waals surface area contributed by atoms with Crippen LogP contribution in [-0.4, -0.2) is 26.5 Å². The summed E-state index contributed by atoms with van der Waals surface area (Å²) in [4.78, 5) is -0.972. The molecule has 3 unspecified atom stereocenters. The molecule has 1 saturated carbocycles. The van der Waals surface area contributed by atoms with E-state index < -0.39 is 4.93 Å². The third-order valence-corrected chi connectivity index (χ3v) is 4.31. The molecule has 1 rings (SSSR count). The van der Waals surface area contributed by atoms with Crippen molar-refractivity contribution in [3.63, 3.8) is 0 Å². The summed E-state index contributed by atoms with van der Waals surface area (Å²) in [5.41, 5.74) is 0. The fraction of sp³-hybridized carbons (Fsp3) is 1.00. The van der Waals surface area contributed by atoms with E-state index in [2.05, 4.69) is 25.3 Å². The molecule has 0 bridgehead atoms. The highest BCUT2D eigenvalue weighted by Crippen LogP contribution is 2.31. The summed E-state index contributed by atoms with van der Waals surface area (Å²) >= 11 is 8.58. The van der Waals surface area contributed by atoms with Crippen LogP contribution in [-0.2, 0) is 0 Å². The first kappa shape index (κ1) is 12.7. The van der Waals surface area contributed by atoms with Crippen LogP contribution >= 0.6 is 25.3 Å². The minimum atomic E-state index is -0.972. The van der Waals surface area contributed by atoms with E-state index in [1.165, 1.54) is 0 Å². The zero-order valence-electron chi connectivity index (χ0n) is 8.39. The standard InChI is InChI=1S/C10H20O2S2/c11-8-4-2-1-3-7-10(12,14)9(13)6-5-8/h8-9,11-14H,1-7H2. The highest BCUT2D eigenvalue weighted by molar-refractivity contribution is 7.85. The largest absolute Gasteiger partial charge is 0.393 e. The maximum atomic E-state index is 9.96. The molecule has 14 heavy (non-hydrogen) atoms. The summed E-state index contributed by atoms with van der Waals surface area (Å²) in [6.45, 7) is 0. The Balaban J connectivity index is 2.49. The minimum Gasteiger partial charge on any atom is -0.393 e. The van der Waals surface area contributed by atoms with Crippen LogP contribution in [0.3, 0.4) is 0 Å². The lowest BCUT2D eigenvalue weighted by Crippen LogP contribution is -2.34. The third kappa shape index (κ3) is 4.01. The van der Waals surface area contributed by atoms with Crippen LogP contribution in [0.1, 0.15) is 44.9 Å². The number of hydrogen-bond donors (Lipinski definition) is 4. The van der Waals surface area contributed by atoms with Gasteiger partial charge in [0.25, 0.3) is 0 Å². The van der Waals surface area contributed by atoms with Crippen molar-refractivity contribution in [2.45, 2.75) is 61.2 Å². The van der Waals surface area contributed by atoms with Gasteiger partial charge in [0.15, 0.2) is 0 Å². The number of aliphatic hydroxyl groups is 2. The summed E-state index contributed by atoms with van der Waals surface area (Å²) < 4.78 is 0. The van der Waals surface area contributed by atoms with Gasteiger partial charge in [-0.3, -0.25) is 0 Å². The van der Waals surface area contributed by atoms with Crippen LogP contribution in [0.25, 0.3) is 0 Å². The molecule has 0 amide bonds. The smallest absolute Gasteiger partial charge is 0.119 e. The highest BCUT2D eigenvalue weighted by atomic mass is 32.1. The van der Waals surface area contributed by atoms with Gasteiger partial charge >= 0.3 is 0 Å². The fourth-order valence-electron chi connectivity index (χ4n) is 1.83. The molecule has 0 spiro atoms. The predicted molar refractivity (Wildman–Crippen MR) is 65.0 cm³/mol. The Labute approximate surface area is 96.9 Å². The van der Waals surface area contributed by atoms with Crippen molar-refractivity contribution in [2.75, 3.05) is 0 Å². The quantitative estimate of drug-likeness (QED) is 0.384. The molecule has 2 nitrogen and oxygen atoms in total. The van der Waals surface area contributed by atoms with E-state index in [1.807, 2.05) is 0 Å². The van der Waals surface area contributed by atoms with Crippen molar-refractivity contribution in [3.8, 4) is 0 Å².